The molecular formula is C10H23ClMgO2Si. The van der Waals surface area contributed by atoms with E-state index < -0.39 is 9.28 Å². The van der Waals surface area contributed by atoms with Crippen LogP contribution in [0.4, 0.5) is 0 Å². The second kappa shape index (κ2) is 8.31. The molecule has 0 spiro atoms. The number of rotatable bonds is 3. The molecule has 0 fully saturated rings. The largest absolute Gasteiger partial charge is 2.00 e. The van der Waals surface area contributed by atoms with Gasteiger partial charge < -0.3 is 28.2 Å². The molecule has 0 radical (unpaired) electrons. The molecule has 0 aromatic heterocycles. The molecule has 0 aliphatic rings. The Bertz CT molecular complexity index is 138. The Kier molecular flexibility index (Phi) is 11.9. The van der Waals surface area contributed by atoms with E-state index in [2.05, 4.69) is 48.5 Å². The minimum Gasteiger partial charge on any atom is -1.00 e. The zero-order valence-corrected chi connectivity index (χ0v) is 14.2. The van der Waals surface area contributed by atoms with Crippen molar-refractivity contribution in [3.05, 3.63) is 6.92 Å². The van der Waals surface area contributed by atoms with Gasteiger partial charge >= 0.3 is 23.1 Å². The number of hydrogen-bond donors (Lipinski definition) is 0. The Morgan fingerprint density at radius 3 is 1.33 bits per heavy atom. The van der Waals surface area contributed by atoms with Gasteiger partial charge in [0.25, 0.3) is 9.28 Å². The minimum absolute atomic E-state index is 0. The van der Waals surface area contributed by atoms with Gasteiger partial charge in [-0.3, -0.25) is 0 Å². The predicted molar refractivity (Wildman–Crippen MR) is 64.7 cm³/mol. The summed E-state index contributed by atoms with van der Waals surface area (Å²) in [5, 5.41) is 0. The zero-order valence-electron chi connectivity index (χ0n) is 10.9. The summed E-state index contributed by atoms with van der Waals surface area (Å²) in [7, 11) is -1.57. The van der Waals surface area contributed by atoms with Crippen LogP contribution in [0.1, 0.15) is 41.5 Å². The van der Waals surface area contributed by atoms with E-state index in [9.17, 15) is 0 Å². The summed E-state index contributed by atoms with van der Waals surface area (Å²) in [4.78, 5) is 0. The zero-order chi connectivity index (χ0) is 10.7. The van der Waals surface area contributed by atoms with Crippen molar-refractivity contribution in [2.24, 2.45) is 0 Å². The van der Waals surface area contributed by atoms with Crippen molar-refractivity contribution in [1.82, 2.24) is 0 Å². The maximum Gasteiger partial charge on any atom is 2.00 e. The third kappa shape index (κ3) is 15.2. The summed E-state index contributed by atoms with van der Waals surface area (Å²) in [5.74, 6) is 0. The van der Waals surface area contributed by atoms with Crippen molar-refractivity contribution in [1.29, 1.82) is 0 Å². The van der Waals surface area contributed by atoms with Gasteiger partial charge in [0, 0.05) is 11.2 Å². The van der Waals surface area contributed by atoms with Crippen LogP contribution >= 0.6 is 0 Å². The quantitative estimate of drug-likeness (QED) is 0.495. The predicted octanol–water partition coefficient (Wildman–Crippen LogP) is -0.706. The van der Waals surface area contributed by atoms with Crippen molar-refractivity contribution in [2.45, 2.75) is 58.8 Å². The molecule has 0 saturated heterocycles. The fourth-order valence-electron chi connectivity index (χ4n) is 0.931. The first-order valence-corrected chi connectivity index (χ1v) is 6.55. The summed E-state index contributed by atoms with van der Waals surface area (Å²) in [6.07, 6.45) is 0. The molecule has 0 aromatic rings. The van der Waals surface area contributed by atoms with Crippen LogP contribution < -0.4 is 12.4 Å². The first-order valence-electron chi connectivity index (χ1n) is 4.79. The average Bonchev–Trinajstić information content (AvgIpc) is 1.79. The summed E-state index contributed by atoms with van der Waals surface area (Å²) in [6.45, 7) is 16.2. The summed E-state index contributed by atoms with van der Waals surface area (Å²) in [6, 6.07) is 0.772. The van der Waals surface area contributed by atoms with Crippen LogP contribution in [0.25, 0.3) is 0 Å². The third-order valence-electron chi connectivity index (χ3n) is 1.21. The van der Waals surface area contributed by atoms with Gasteiger partial charge in [-0.25, -0.2) is 0 Å². The summed E-state index contributed by atoms with van der Waals surface area (Å²) >= 11 is 0. The smallest absolute Gasteiger partial charge is 1.00 e. The molecular weight excluding hydrogens is 240 g/mol. The Hall–Kier alpha value is 1.19. The molecule has 2 nitrogen and oxygen atoms in total. The summed E-state index contributed by atoms with van der Waals surface area (Å²) in [5.41, 5.74) is -0.223. The fraction of sp³-hybridized carbons (Fsp3) is 0.900. The normalized spacial score (nSPS) is 12.0. The molecule has 0 atom stereocenters. The van der Waals surface area contributed by atoms with Crippen LogP contribution in [0.2, 0.25) is 6.04 Å². The van der Waals surface area contributed by atoms with Crippen LogP contribution in [0.3, 0.4) is 0 Å². The van der Waals surface area contributed by atoms with Crippen molar-refractivity contribution in [3.8, 4) is 0 Å². The second-order valence-electron chi connectivity index (χ2n) is 5.18. The molecule has 0 aromatic carbocycles. The van der Waals surface area contributed by atoms with Crippen LogP contribution in [0.15, 0.2) is 0 Å². The van der Waals surface area contributed by atoms with E-state index in [1.54, 1.807) is 0 Å². The first-order chi connectivity index (χ1) is 5.64. The van der Waals surface area contributed by atoms with Crippen LogP contribution in [0.5, 0.6) is 0 Å². The van der Waals surface area contributed by atoms with Gasteiger partial charge in [0.2, 0.25) is 0 Å². The van der Waals surface area contributed by atoms with Gasteiger partial charge in [-0.05, 0) is 41.5 Å². The molecule has 0 aliphatic heterocycles. The minimum atomic E-state index is -1.57. The molecule has 0 heterocycles. The van der Waals surface area contributed by atoms with Crippen molar-refractivity contribution < 1.29 is 21.3 Å². The van der Waals surface area contributed by atoms with E-state index in [0.29, 0.717) is 0 Å². The molecule has 5 heteroatoms. The Labute approximate surface area is 119 Å². The maximum absolute atomic E-state index is 5.82. The molecule has 88 valence electrons. The molecule has 0 N–H and O–H groups in total. The van der Waals surface area contributed by atoms with E-state index in [1.165, 1.54) is 0 Å². The van der Waals surface area contributed by atoms with E-state index in [4.69, 9.17) is 8.85 Å². The Morgan fingerprint density at radius 1 is 0.933 bits per heavy atom. The Morgan fingerprint density at radius 2 is 1.20 bits per heavy atom. The van der Waals surface area contributed by atoms with E-state index >= 15 is 0 Å². The van der Waals surface area contributed by atoms with Gasteiger partial charge in [-0.1, -0.05) is 0 Å². The molecule has 0 saturated carbocycles. The molecule has 0 amide bonds. The van der Waals surface area contributed by atoms with Gasteiger partial charge in [0.05, 0.1) is 0 Å². The van der Waals surface area contributed by atoms with E-state index in [-0.39, 0.29) is 46.7 Å². The molecule has 0 unspecified atom stereocenters. The monoisotopic (exact) mass is 262 g/mol. The van der Waals surface area contributed by atoms with Gasteiger partial charge in [0.1, 0.15) is 0 Å². The Balaban J connectivity index is -0.000000720. The molecule has 0 aliphatic carbocycles. The standard InChI is InChI=1S/C10H23O2Si.ClH.Mg/c1-8-13(11-9(2,3)4)12-10(5,6)7;;/h13H,1,8H2,2-7H3;1H;/q-1;;+2/p-1. The number of hydrogen-bond acceptors (Lipinski definition) is 2. The van der Waals surface area contributed by atoms with Crippen LogP contribution in [-0.2, 0) is 8.85 Å². The fourth-order valence-corrected chi connectivity index (χ4v) is 2.79. The summed E-state index contributed by atoms with van der Waals surface area (Å²) < 4.78 is 11.6. The van der Waals surface area contributed by atoms with Crippen molar-refractivity contribution in [2.75, 3.05) is 0 Å². The van der Waals surface area contributed by atoms with Crippen LogP contribution in [-0.4, -0.2) is 43.5 Å². The maximum atomic E-state index is 5.82. The molecule has 15 heavy (non-hydrogen) atoms. The molecule has 0 rings (SSSR count). The van der Waals surface area contributed by atoms with Crippen LogP contribution in [0, 0.1) is 6.92 Å². The third-order valence-corrected chi connectivity index (χ3v) is 3.62. The topological polar surface area (TPSA) is 18.5 Å². The van der Waals surface area contributed by atoms with Gasteiger partial charge in [0.15, 0.2) is 0 Å². The van der Waals surface area contributed by atoms with E-state index in [1.807, 2.05) is 0 Å². The SMILES string of the molecule is [CH2-]C[SiH](OC(C)(C)C)OC(C)(C)C.[Cl-].[Mg+2]. The van der Waals surface area contributed by atoms with Crippen molar-refractivity contribution >= 4 is 32.3 Å². The molecule has 0 bridgehead atoms. The van der Waals surface area contributed by atoms with Gasteiger partial charge in [-0.15, -0.1) is 6.04 Å². The van der Waals surface area contributed by atoms with Crippen molar-refractivity contribution in [3.63, 3.8) is 0 Å². The number of halogens is 1. The average molecular weight is 263 g/mol. The van der Waals surface area contributed by atoms with E-state index in [0.717, 1.165) is 6.04 Å². The second-order valence-corrected chi connectivity index (χ2v) is 7.09. The first kappa shape index (κ1) is 21.5. The van der Waals surface area contributed by atoms with Gasteiger partial charge in [-0.2, -0.15) is 0 Å².